The molecule has 5 aliphatic rings. The van der Waals surface area contributed by atoms with Crippen molar-refractivity contribution in [1.82, 2.24) is 72.7 Å². The van der Waals surface area contributed by atoms with E-state index in [1.807, 2.05) is 64.5 Å². The number of alkyl halides is 1. The lowest BCUT2D eigenvalue weighted by molar-refractivity contribution is -0.130. The number of hydrogen-bond acceptors (Lipinski definition) is 15. The summed E-state index contributed by atoms with van der Waals surface area (Å²) in [5.74, 6) is 3.78. The second-order valence-corrected chi connectivity index (χ2v) is 49.2. The minimum Gasteiger partial charge on any atom is -0.411 e. The zero-order valence-electron chi connectivity index (χ0n) is 69.2. The molecule has 5 unspecified atom stereocenters. The summed E-state index contributed by atoms with van der Waals surface area (Å²) in [7, 11) is -5.15. The summed E-state index contributed by atoms with van der Waals surface area (Å²) in [4.78, 5) is 92.1. The van der Waals surface area contributed by atoms with Crippen LogP contribution < -0.4 is 0 Å². The molecule has 107 heavy (non-hydrogen) atoms. The third-order valence-corrected chi connectivity index (χ3v) is 36.2. The quantitative estimate of drug-likeness (QED) is 0.0219. The maximum absolute atomic E-state index is 12.2. The van der Waals surface area contributed by atoms with E-state index in [4.69, 9.17) is 35.1 Å². The first kappa shape index (κ1) is 91.7. The molecule has 25 nitrogen and oxygen atoms in total. The van der Waals surface area contributed by atoms with Gasteiger partial charge in [-0.1, -0.05) is 129 Å². The molecule has 0 spiro atoms. The molecule has 0 aliphatic carbocycles. The predicted octanol–water partition coefficient (Wildman–Crippen LogP) is 14.7. The highest BCUT2D eigenvalue weighted by atomic mass is 35.5. The van der Waals surface area contributed by atoms with Crippen molar-refractivity contribution in [1.29, 1.82) is 0 Å². The fourth-order valence-corrected chi connectivity index (χ4v) is 15.9. The summed E-state index contributed by atoms with van der Waals surface area (Å²) in [5.41, 5.74) is 4.43. The van der Waals surface area contributed by atoms with Crippen molar-refractivity contribution < 1.29 is 47.5 Å². The maximum Gasteiger partial charge on any atom is 0.224 e. The number of hydrogen-bond donors (Lipinski definition) is 3. The molecule has 10 rings (SSSR count). The minimum atomic E-state index is -1.79. The summed E-state index contributed by atoms with van der Waals surface area (Å²) in [5, 5.41) is 18.7. The van der Waals surface area contributed by atoms with E-state index in [2.05, 4.69) is 171 Å². The van der Waals surface area contributed by atoms with E-state index in [1.54, 1.807) is 36.3 Å². The zero-order chi connectivity index (χ0) is 79.5. The molecule has 5 aromatic rings. The Kier molecular flexibility index (Phi) is 36.9. The molecule has 5 amide bonds. The van der Waals surface area contributed by atoms with E-state index in [0.29, 0.717) is 120 Å². The van der Waals surface area contributed by atoms with Crippen molar-refractivity contribution in [3.05, 3.63) is 91.1 Å². The van der Waals surface area contributed by atoms with Gasteiger partial charge in [-0.2, -0.15) is 0 Å². The zero-order valence-corrected chi connectivity index (χ0v) is 72.9. The van der Waals surface area contributed by atoms with Crippen LogP contribution in [0, 0.1) is 29.6 Å². The number of imidazole rings is 5. The molecule has 0 radical (unpaired) electrons. The Morgan fingerprint density at radius 3 is 1.11 bits per heavy atom. The molecule has 3 N–H and O–H groups in total. The van der Waals surface area contributed by atoms with E-state index in [-0.39, 0.29) is 57.9 Å². The van der Waals surface area contributed by atoms with Crippen LogP contribution in [-0.2, 0) is 97.0 Å². The van der Waals surface area contributed by atoms with Gasteiger partial charge in [-0.15, -0.1) is 11.6 Å². The van der Waals surface area contributed by atoms with Gasteiger partial charge in [0.25, 0.3) is 0 Å². The summed E-state index contributed by atoms with van der Waals surface area (Å²) >= 11 is 5.57. The SMILES string of the molecule is CC(C)(C)[Si](C)(C)OCc1cnc[nH]1.CCCC1CC(=O)N(CCl)C1.CCCC1CC(=O)N(Cn2cnc(CO)c2)C1.CCCC1CC(=O)N(Cn2cnc(CO[Si](C)(C)C(C)(C)C)c2)C1.CCCC1CC(=O)N(Cn2cncc2CO)C1.CCCC1CC(=O)N(Cn2cncc2CO[Si](C)(C)C(C)(C)C)C1. The number of halogens is 1. The Balaban J connectivity index is 0.000000234. The Morgan fingerprint density at radius 1 is 0.439 bits per heavy atom. The molecule has 0 aromatic carbocycles. The van der Waals surface area contributed by atoms with E-state index < -0.39 is 25.0 Å². The number of aromatic nitrogens is 10. The molecule has 604 valence electrons. The Morgan fingerprint density at radius 2 is 0.776 bits per heavy atom. The molecule has 5 aliphatic heterocycles. The van der Waals surface area contributed by atoms with Crippen LogP contribution in [0.2, 0.25) is 54.4 Å². The second kappa shape index (κ2) is 43.1. The third-order valence-electron chi connectivity index (χ3n) is 22.4. The average molecular weight is 1570 g/mol. The highest BCUT2D eigenvalue weighted by Crippen LogP contribution is 2.40. The molecule has 10 heterocycles. The van der Waals surface area contributed by atoms with Crippen LogP contribution in [0.15, 0.2) is 62.6 Å². The van der Waals surface area contributed by atoms with Crippen molar-refractivity contribution in [2.75, 3.05) is 38.7 Å². The largest absolute Gasteiger partial charge is 0.411 e. The predicted molar refractivity (Wildman–Crippen MR) is 430 cm³/mol. The molecule has 29 heteroatoms. The standard InChI is InChI=1S/2C18H33N3O2Si.2C12H19N3O2.C10H20N2OSi.C8H14ClNO/c1-7-8-15-9-17(22)20(11-15)14-21-13-19-10-16(21)12-23-24(5,6)18(2,3)4;1-7-8-15-9-17(22)21(10-15)14-20-11-16(19-13-20)12-23-24(5,6)18(2,3)4;1-2-3-10-4-12(17)14(6-10)9-15-8-13-5-11(15)7-16;1-2-3-10-4-12(17)15(5-10)9-14-6-11(7-16)13-8-14;1-10(2,3)14(4,5)13-7-9-6-11-8-12-9;1-2-3-7-4-8(11)10(5-7)6-9/h10,13,15H,7-9,11-12,14H2,1-6H3;11,13,15H,7-10,12,14H2,1-6H3;5,8,10,16H,2-4,6-7,9H2,1H3;6,8,10,16H,2-5,7,9H2,1H3;6,8H,7H2,1-5H3,(H,11,12);7H,2-6H2,1H3. The van der Waals surface area contributed by atoms with Gasteiger partial charge in [-0.05, 0) is 116 Å². The number of likely N-dealkylation sites (tertiary alicyclic amines) is 5. The number of aromatic amines is 1. The van der Waals surface area contributed by atoms with Crippen molar-refractivity contribution in [3.8, 4) is 0 Å². The van der Waals surface area contributed by atoms with Gasteiger partial charge in [-0.3, -0.25) is 24.0 Å². The molecule has 0 bridgehead atoms. The Hall–Kier alpha value is -5.86. The molecule has 5 saturated heterocycles. The highest BCUT2D eigenvalue weighted by molar-refractivity contribution is 6.74. The van der Waals surface area contributed by atoms with Gasteiger partial charge in [-0.25, -0.2) is 24.9 Å². The van der Waals surface area contributed by atoms with Crippen LogP contribution in [0.3, 0.4) is 0 Å². The van der Waals surface area contributed by atoms with Crippen LogP contribution in [0.1, 0.15) is 222 Å². The smallest absolute Gasteiger partial charge is 0.224 e. The molecular formula is C78H138ClN15O10Si3. The monoisotopic (exact) mass is 1560 g/mol. The summed E-state index contributed by atoms with van der Waals surface area (Å²) in [6, 6.07) is 0.360. The number of carbonyl (C=O) groups excluding carboxylic acids is 5. The number of nitrogens with zero attached hydrogens (tertiary/aromatic N) is 14. The molecule has 0 saturated carbocycles. The Labute approximate surface area is 649 Å². The average Bonchev–Trinajstić information content (AvgIpc) is 1.66. The molecule has 5 atom stereocenters. The lowest BCUT2D eigenvalue weighted by Gasteiger charge is -2.36. The van der Waals surface area contributed by atoms with Crippen molar-refractivity contribution in [2.24, 2.45) is 29.6 Å². The maximum atomic E-state index is 12.2. The first-order valence-corrected chi connectivity index (χ1v) is 48.6. The lowest BCUT2D eigenvalue weighted by atomic mass is 10.0. The van der Waals surface area contributed by atoms with Gasteiger partial charge in [0.1, 0.15) is 0 Å². The summed E-state index contributed by atoms with van der Waals surface area (Å²) in [6.07, 6.45) is 32.5. The molecule has 5 fully saturated rings. The van der Waals surface area contributed by atoms with Gasteiger partial charge < -0.3 is 71.2 Å². The van der Waals surface area contributed by atoms with Gasteiger partial charge in [0.2, 0.25) is 29.5 Å². The van der Waals surface area contributed by atoms with Gasteiger partial charge >= 0.3 is 0 Å². The number of aliphatic hydroxyl groups is 2. The molecule has 5 aromatic heterocycles. The lowest BCUT2D eigenvalue weighted by Crippen LogP contribution is -2.40. The van der Waals surface area contributed by atoms with Gasteiger partial charge in [0.05, 0.1) is 144 Å². The normalized spacial score (nSPS) is 19.4. The van der Waals surface area contributed by atoms with Crippen LogP contribution in [-0.4, -0.2) is 176 Å². The fourth-order valence-electron chi connectivity index (χ4n) is 12.8. The first-order valence-electron chi connectivity index (χ1n) is 39.4. The van der Waals surface area contributed by atoms with Crippen molar-refractivity contribution >= 4 is 66.1 Å². The second-order valence-electron chi connectivity index (χ2n) is 34.6. The Bertz CT molecular complexity index is 3450. The number of nitrogens with one attached hydrogen (secondary N) is 1. The first-order chi connectivity index (χ1) is 50.3. The van der Waals surface area contributed by atoms with E-state index in [9.17, 15) is 24.0 Å². The van der Waals surface area contributed by atoms with Crippen molar-refractivity contribution in [2.45, 2.75) is 307 Å². The fraction of sp³-hybridized carbons (Fsp3) is 0.744. The van der Waals surface area contributed by atoms with E-state index >= 15 is 0 Å². The number of H-pyrrole nitrogens is 1. The number of aliphatic hydroxyl groups excluding tert-OH is 2. The van der Waals surface area contributed by atoms with Crippen LogP contribution in [0.4, 0.5) is 0 Å². The van der Waals surface area contributed by atoms with E-state index in [1.165, 1.54) is 0 Å². The number of amides is 5. The van der Waals surface area contributed by atoms with Gasteiger partial charge in [0.15, 0.2) is 25.0 Å². The number of carbonyl (C=O) groups is 5. The summed E-state index contributed by atoms with van der Waals surface area (Å²) < 4.78 is 26.2. The molecular weight excluding hydrogens is 1430 g/mol. The topological polar surface area (TPSA) is 270 Å². The van der Waals surface area contributed by atoms with Crippen LogP contribution in [0.5, 0.6) is 0 Å². The summed E-state index contributed by atoms with van der Waals surface area (Å²) in [6.45, 7) is 52.7. The number of rotatable bonds is 30. The van der Waals surface area contributed by atoms with Crippen molar-refractivity contribution in [3.63, 3.8) is 0 Å². The van der Waals surface area contributed by atoms with Crippen LogP contribution >= 0.6 is 11.6 Å². The third kappa shape index (κ3) is 29.4. The van der Waals surface area contributed by atoms with Crippen LogP contribution in [0.25, 0.3) is 0 Å². The minimum absolute atomic E-state index is 0.0413. The van der Waals surface area contributed by atoms with Gasteiger partial charge in [0, 0.05) is 77.2 Å². The van der Waals surface area contributed by atoms with E-state index in [0.717, 1.165) is 120 Å². The highest BCUT2D eigenvalue weighted by Gasteiger charge is 2.40.